The number of hydrogen-bond acceptors (Lipinski definition) is 2. The lowest BCUT2D eigenvalue weighted by Gasteiger charge is -2.37. The molecule has 1 unspecified atom stereocenters. The number of benzene rings is 1. The smallest absolute Gasteiger partial charge is 0.0570 e. The van der Waals surface area contributed by atoms with Crippen LogP contribution in [0.5, 0.6) is 0 Å². The minimum Gasteiger partial charge on any atom is -0.393 e. The lowest BCUT2D eigenvalue weighted by atomic mass is 9.84. The largest absolute Gasteiger partial charge is 0.393 e. The van der Waals surface area contributed by atoms with Crippen molar-refractivity contribution in [1.29, 1.82) is 0 Å². The molecule has 2 heteroatoms. The maximum Gasteiger partial charge on any atom is 0.0570 e. The molecule has 1 atom stereocenters. The third-order valence-electron chi connectivity index (χ3n) is 3.93. The summed E-state index contributed by atoms with van der Waals surface area (Å²) >= 11 is 0. The van der Waals surface area contributed by atoms with Gasteiger partial charge in [-0.1, -0.05) is 24.3 Å². The van der Waals surface area contributed by atoms with E-state index in [0.29, 0.717) is 12.1 Å². The van der Waals surface area contributed by atoms with Gasteiger partial charge in [0, 0.05) is 12.1 Å². The van der Waals surface area contributed by atoms with Crippen molar-refractivity contribution in [2.45, 2.75) is 50.3 Å². The second kappa shape index (κ2) is 4.19. The van der Waals surface area contributed by atoms with E-state index < -0.39 is 0 Å². The van der Waals surface area contributed by atoms with Gasteiger partial charge in [0.05, 0.1) is 6.10 Å². The Kier molecular flexibility index (Phi) is 2.70. The van der Waals surface area contributed by atoms with Crippen LogP contribution in [0.15, 0.2) is 24.3 Å². The lowest BCUT2D eigenvalue weighted by molar-refractivity contribution is 0.0569. The summed E-state index contributed by atoms with van der Waals surface area (Å²) in [6.07, 6.45) is 5.43. The van der Waals surface area contributed by atoms with Crippen molar-refractivity contribution in [3.8, 4) is 0 Å². The van der Waals surface area contributed by atoms with Gasteiger partial charge < -0.3 is 10.4 Å². The zero-order valence-corrected chi connectivity index (χ0v) is 9.52. The summed E-state index contributed by atoms with van der Waals surface area (Å²) in [4.78, 5) is 0. The number of aliphatic hydroxyl groups is 1. The molecule has 3 rings (SSSR count). The number of rotatable bonds is 2. The average molecular weight is 217 g/mol. The molecule has 86 valence electrons. The van der Waals surface area contributed by atoms with E-state index in [2.05, 4.69) is 29.6 Å². The molecule has 2 nitrogen and oxygen atoms in total. The van der Waals surface area contributed by atoms with Crippen LogP contribution in [0.25, 0.3) is 0 Å². The highest BCUT2D eigenvalue weighted by atomic mass is 16.3. The van der Waals surface area contributed by atoms with Crippen molar-refractivity contribution in [1.82, 2.24) is 5.32 Å². The first-order valence-electron chi connectivity index (χ1n) is 6.32. The number of aryl methyl sites for hydroxylation is 1. The van der Waals surface area contributed by atoms with E-state index in [1.54, 1.807) is 0 Å². The summed E-state index contributed by atoms with van der Waals surface area (Å²) in [6, 6.07) is 9.94. The normalized spacial score (nSPS) is 32.9. The molecule has 1 fully saturated rings. The fourth-order valence-corrected chi connectivity index (χ4v) is 2.90. The lowest BCUT2D eigenvalue weighted by Crippen LogP contribution is -2.50. The topological polar surface area (TPSA) is 32.3 Å². The molecule has 0 aliphatic heterocycles. The molecule has 1 saturated carbocycles. The summed E-state index contributed by atoms with van der Waals surface area (Å²) in [5, 5.41) is 12.9. The number of hydrogen-bond donors (Lipinski definition) is 2. The minimum atomic E-state index is -0.0478. The van der Waals surface area contributed by atoms with E-state index >= 15 is 0 Å². The second-order valence-corrected chi connectivity index (χ2v) is 5.20. The van der Waals surface area contributed by atoms with E-state index in [-0.39, 0.29) is 6.10 Å². The molecule has 16 heavy (non-hydrogen) atoms. The molecule has 1 aromatic rings. The van der Waals surface area contributed by atoms with Crippen molar-refractivity contribution in [3.63, 3.8) is 0 Å². The molecular weight excluding hydrogens is 198 g/mol. The monoisotopic (exact) mass is 217 g/mol. The van der Waals surface area contributed by atoms with Crippen molar-refractivity contribution in [3.05, 3.63) is 35.4 Å². The number of aliphatic hydroxyl groups excluding tert-OH is 1. The highest BCUT2D eigenvalue weighted by Crippen LogP contribution is 2.25. The van der Waals surface area contributed by atoms with Gasteiger partial charge in [-0.3, -0.25) is 0 Å². The van der Waals surface area contributed by atoms with Crippen LogP contribution in [0, 0.1) is 0 Å². The van der Waals surface area contributed by atoms with E-state index in [1.165, 1.54) is 24.0 Å². The highest BCUT2D eigenvalue weighted by molar-refractivity contribution is 5.30. The van der Waals surface area contributed by atoms with E-state index in [1.807, 2.05) is 0 Å². The molecule has 2 aliphatic rings. The number of fused-ring (bicyclic) bond motifs is 1. The Morgan fingerprint density at radius 3 is 2.56 bits per heavy atom. The summed E-state index contributed by atoms with van der Waals surface area (Å²) in [7, 11) is 0. The van der Waals surface area contributed by atoms with Gasteiger partial charge in [0.25, 0.3) is 0 Å². The van der Waals surface area contributed by atoms with Gasteiger partial charge in [-0.25, -0.2) is 0 Å². The third-order valence-corrected chi connectivity index (χ3v) is 3.93. The van der Waals surface area contributed by atoms with Crippen LogP contribution < -0.4 is 5.32 Å². The summed E-state index contributed by atoms with van der Waals surface area (Å²) in [5.41, 5.74) is 3.03. The Balaban J connectivity index is 1.60. The molecule has 2 N–H and O–H groups in total. The predicted molar refractivity (Wildman–Crippen MR) is 64.4 cm³/mol. The van der Waals surface area contributed by atoms with Crippen molar-refractivity contribution < 1.29 is 5.11 Å². The SMILES string of the molecule is OC1CC(NC2CCc3ccccc3C2)C1. The van der Waals surface area contributed by atoms with Gasteiger partial charge in [-0.05, 0) is 43.2 Å². The first-order valence-corrected chi connectivity index (χ1v) is 6.32. The quantitative estimate of drug-likeness (QED) is 0.789. The molecular formula is C14H19NO. The Labute approximate surface area is 96.7 Å². The first kappa shape index (κ1) is 10.3. The van der Waals surface area contributed by atoms with Crippen LogP contribution in [0.1, 0.15) is 30.4 Å². The fourth-order valence-electron chi connectivity index (χ4n) is 2.90. The van der Waals surface area contributed by atoms with E-state index in [0.717, 1.165) is 19.3 Å². The zero-order chi connectivity index (χ0) is 11.0. The van der Waals surface area contributed by atoms with Crippen LogP contribution in [0.2, 0.25) is 0 Å². The molecule has 0 amide bonds. The highest BCUT2D eigenvalue weighted by Gasteiger charge is 2.29. The van der Waals surface area contributed by atoms with Crippen LogP contribution in [0.3, 0.4) is 0 Å². The zero-order valence-electron chi connectivity index (χ0n) is 9.52. The Hall–Kier alpha value is -0.860. The maximum atomic E-state index is 9.27. The van der Waals surface area contributed by atoms with Gasteiger partial charge in [-0.2, -0.15) is 0 Å². The average Bonchev–Trinajstić information content (AvgIpc) is 2.27. The standard InChI is InChI=1S/C14H19NO/c16-14-8-13(9-14)15-12-6-5-10-3-1-2-4-11(10)7-12/h1-4,12-16H,5-9H2. The van der Waals surface area contributed by atoms with Crippen molar-refractivity contribution in [2.24, 2.45) is 0 Å². The molecule has 0 spiro atoms. The van der Waals surface area contributed by atoms with Crippen LogP contribution in [-0.2, 0) is 12.8 Å². The first-order chi connectivity index (χ1) is 7.81. The van der Waals surface area contributed by atoms with Crippen LogP contribution >= 0.6 is 0 Å². The molecule has 0 saturated heterocycles. The Morgan fingerprint density at radius 1 is 1.06 bits per heavy atom. The predicted octanol–water partition coefficient (Wildman–Crippen LogP) is 1.66. The van der Waals surface area contributed by atoms with Gasteiger partial charge in [0.2, 0.25) is 0 Å². The van der Waals surface area contributed by atoms with Crippen molar-refractivity contribution in [2.75, 3.05) is 0 Å². The van der Waals surface area contributed by atoms with E-state index in [9.17, 15) is 5.11 Å². The van der Waals surface area contributed by atoms with Gasteiger partial charge in [0.1, 0.15) is 0 Å². The Bertz CT molecular complexity index is 371. The fraction of sp³-hybridized carbons (Fsp3) is 0.571. The maximum absolute atomic E-state index is 9.27. The van der Waals surface area contributed by atoms with Crippen LogP contribution in [0.4, 0.5) is 0 Å². The number of nitrogens with one attached hydrogen (secondary N) is 1. The van der Waals surface area contributed by atoms with Crippen LogP contribution in [-0.4, -0.2) is 23.3 Å². The van der Waals surface area contributed by atoms with Gasteiger partial charge in [0.15, 0.2) is 0 Å². The Morgan fingerprint density at radius 2 is 1.81 bits per heavy atom. The molecule has 0 heterocycles. The molecule has 0 aromatic heterocycles. The summed E-state index contributed by atoms with van der Waals surface area (Å²) < 4.78 is 0. The second-order valence-electron chi connectivity index (χ2n) is 5.20. The molecule has 0 radical (unpaired) electrons. The summed E-state index contributed by atoms with van der Waals surface area (Å²) in [5.74, 6) is 0. The molecule has 0 bridgehead atoms. The third kappa shape index (κ3) is 2.00. The van der Waals surface area contributed by atoms with Gasteiger partial charge >= 0.3 is 0 Å². The summed E-state index contributed by atoms with van der Waals surface area (Å²) in [6.45, 7) is 0. The molecule has 2 aliphatic carbocycles. The molecule has 1 aromatic carbocycles. The minimum absolute atomic E-state index is 0.0478. The van der Waals surface area contributed by atoms with Gasteiger partial charge in [-0.15, -0.1) is 0 Å². The van der Waals surface area contributed by atoms with Crippen molar-refractivity contribution >= 4 is 0 Å². The van der Waals surface area contributed by atoms with E-state index in [4.69, 9.17) is 0 Å².